The Balaban J connectivity index is 2.75. The molecular weight excluding hydrogens is 282 g/mol. The zero-order valence-electron chi connectivity index (χ0n) is 12.5. The van der Waals surface area contributed by atoms with Gasteiger partial charge in [0.15, 0.2) is 12.4 Å². The number of carbonyl (C=O) groups excluding carboxylic acids is 1. The van der Waals surface area contributed by atoms with Crippen LogP contribution in [0.1, 0.15) is 20.3 Å². The number of rotatable bonds is 6. The summed E-state index contributed by atoms with van der Waals surface area (Å²) in [5.41, 5.74) is 5.71. The summed E-state index contributed by atoms with van der Waals surface area (Å²) >= 11 is 0. The number of aliphatic hydroxyl groups is 3. The average Bonchev–Trinajstić information content (AvgIpc) is 2.42. The second kappa shape index (κ2) is 8.02. The maximum Gasteiger partial charge on any atom is 0.323 e. The van der Waals surface area contributed by atoms with E-state index in [0.717, 1.165) is 0 Å². The Hall–Kier alpha value is -0.770. The molecule has 1 saturated heterocycles. The van der Waals surface area contributed by atoms with Gasteiger partial charge in [-0.3, -0.25) is 4.79 Å². The fourth-order valence-corrected chi connectivity index (χ4v) is 2.21. The van der Waals surface area contributed by atoms with Crippen molar-refractivity contribution in [1.29, 1.82) is 0 Å². The molecule has 1 aliphatic rings. The van der Waals surface area contributed by atoms with Crippen LogP contribution in [0.5, 0.6) is 0 Å². The van der Waals surface area contributed by atoms with Crippen LogP contribution in [0.4, 0.5) is 0 Å². The minimum atomic E-state index is -1.37. The zero-order chi connectivity index (χ0) is 16.2. The molecule has 6 atom stereocenters. The molecule has 0 aromatic carbocycles. The van der Waals surface area contributed by atoms with E-state index >= 15 is 0 Å². The molecule has 0 unspecified atom stereocenters. The first-order chi connectivity index (χ1) is 9.81. The highest BCUT2D eigenvalue weighted by molar-refractivity contribution is 5.75. The van der Waals surface area contributed by atoms with Crippen molar-refractivity contribution in [2.75, 3.05) is 13.7 Å². The van der Waals surface area contributed by atoms with E-state index in [4.69, 9.17) is 25.1 Å². The monoisotopic (exact) mass is 307 g/mol. The molecule has 0 aromatic heterocycles. The highest BCUT2D eigenvalue weighted by Gasteiger charge is 2.47. The smallest absolute Gasteiger partial charge is 0.323 e. The fourth-order valence-electron chi connectivity index (χ4n) is 2.21. The van der Waals surface area contributed by atoms with Gasteiger partial charge in [0.25, 0.3) is 0 Å². The third-order valence-corrected chi connectivity index (χ3v) is 3.33. The van der Waals surface area contributed by atoms with Gasteiger partial charge in [0.05, 0.1) is 6.61 Å². The summed E-state index contributed by atoms with van der Waals surface area (Å²) in [6.45, 7) is 3.32. The SMILES string of the molecule is CO[C@H]1O[C@H](CO)[C@@H](O)[C@H](OC(=O)[C@@H](N)CC(C)C)[C@H]1O. The average molecular weight is 307 g/mol. The van der Waals surface area contributed by atoms with E-state index < -0.39 is 49.3 Å². The van der Waals surface area contributed by atoms with Gasteiger partial charge in [-0.15, -0.1) is 0 Å². The summed E-state index contributed by atoms with van der Waals surface area (Å²) < 4.78 is 15.2. The number of methoxy groups -OCH3 is 1. The van der Waals surface area contributed by atoms with E-state index in [1.54, 1.807) is 0 Å². The molecule has 8 nitrogen and oxygen atoms in total. The largest absolute Gasteiger partial charge is 0.455 e. The molecular formula is C13H25NO7. The van der Waals surface area contributed by atoms with E-state index in [9.17, 15) is 15.0 Å². The van der Waals surface area contributed by atoms with Crippen LogP contribution >= 0.6 is 0 Å². The molecule has 0 bridgehead atoms. The molecule has 124 valence electrons. The minimum absolute atomic E-state index is 0.203. The number of hydrogen-bond acceptors (Lipinski definition) is 8. The van der Waals surface area contributed by atoms with Crippen molar-refractivity contribution in [3.05, 3.63) is 0 Å². The molecule has 21 heavy (non-hydrogen) atoms. The number of nitrogens with two attached hydrogens (primary N) is 1. The molecule has 0 aliphatic carbocycles. The summed E-state index contributed by atoms with van der Waals surface area (Å²) in [6.07, 6.45) is -5.71. The van der Waals surface area contributed by atoms with Crippen LogP contribution in [0.25, 0.3) is 0 Å². The fraction of sp³-hybridized carbons (Fsp3) is 0.923. The van der Waals surface area contributed by atoms with Gasteiger partial charge in [-0.2, -0.15) is 0 Å². The van der Waals surface area contributed by atoms with Gasteiger partial charge in [0.2, 0.25) is 0 Å². The Labute approximate surface area is 123 Å². The summed E-state index contributed by atoms with van der Waals surface area (Å²) in [5.74, 6) is -0.519. The molecule has 1 heterocycles. The third-order valence-electron chi connectivity index (χ3n) is 3.33. The lowest BCUT2D eigenvalue weighted by Gasteiger charge is -2.41. The van der Waals surface area contributed by atoms with Crippen molar-refractivity contribution in [1.82, 2.24) is 0 Å². The van der Waals surface area contributed by atoms with Gasteiger partial charge < -0.3 is 35.3 Å². The molecule has 5 N–H and O–H groups in total. The molecule has 8 heteroatoms. The van der Waals surface area contributed by atoms with Crippen LogP contribution in [-0.4, -0.2) is 71.8 Å². The summed E-state index contributed by atoms with van der Waals surface area (Å²) in [5, 5.41) is 29.2. The number of hydrogen-bond donors (Lipinski definition) is 4. The normalized spacial score (nSPS) is 34.8. The van der Waals surface area contributed by atoms with Crippen LogP contribution in [0.3, 0.4) is 0 Å². The van der Waals surface area contributed by atoms with Crippen molar-refractivity contribution >= 4 is 5.97 Å². The Kier molecular flexibility index (Phi) is 6.98. The van der Waals surface area contributed by atoms with Crippen LogP contribution in [0.15, 0.2) is 0 Å². The van der Waals surface area contributed by atoms with Gasteiger partial charge in [-0.05, 0) is 12.3 Å². The van der Waals surface area contributed by atoms with E-state index in [-0.39, 0.29) is 5.92 Å². The molecule has 0 saturated carbocycles. The first-order valence-electron chi connectivity index (χ1n) is 6.93. The van der Waals surface area contributed by atoms with Crippen LogP contribution in [0, 0.1) is 5.92 Å². The Morgan fingerprint density at radius 3 is 2.43 bits per heavy atom. The topological polar surface area (TPSA) is 131 Å². The first kappa shape index (κ1) is 18.3. The molecule has 1 fully saturated rings. The van der Waals surface area contributed by atoms with Crippen LogP contribution in [0.2, 0.25) is 0 Å². The van der Waals surface area contributed by atoms with E-state index in [1.165, 1.54) is 7.11 Å². The standard InChI is InChI=1S/C13H25NO7/c1-6(2)4-7(14)12(18)21-11-9(16)8(5-15)20-13(19-3)10(11)17/h6-11,13,15-17H,4-5,14H2,1-3H3/t7-,8+,9+,10+,11-,13-/m0/s1. The first-order valence-corrected chi connectivity index (χ1v) is 6.93. The van der Waals surface area contributed by atoms with Crippen LogP contribution < -0.4 is 5.73 Å². The Bertz CT molecular complexity index is 322. The Morgan fingerprint density at radius 2 is 1.95 bits per heavy atom. The highest BCUT2D eigenvalue weighted by Crippen LogP contribution is 2.24. The lowest BCUT2D eigenvalue weighted by molar-refractivity contribution is -0.297. The number of aliphatic hydroxyl groups excluding tert-OH is 3. The van der Waals surface area contributed by atoms with Crippen molar-refractivity contribution in [3.8, 4) is 0 Å². The quantitative estimate of drug-likeness (QED) is 0.430. The maximum atomic E-state index is 11.9. The van der Waals surface area contributed by atoms with Crippen molar-refractivity contribution in [2.45, 2.75) is 57.0 Å². The molecule has 1 aliphatic heterocycles. The van der Waals surface area contributed by atoms with Gasteiger partial charge >= 0.3 is 5.97 Å². The zero-order valence-corrected chi connectivity index (χ0v) is 12.5. The van der Waals surface area contributed by atoms with Gasteiger partial charge in [0.1, 0.15) is 24.4 Å². The summed E-state index contributed by atoms with van der Waals surface area (Å²) in [7, 11) is 1.30. The number of carbonyl (C=O) groups is 1. The summed E-state index contributed by atoms with van der Waals surface area (Å²) in [4.78, 5) is 11.9. The van der Waals surface area contributed by atoms with Gasteiger partial charge in [-0.25, -0.2) is 0 Å². The predicted octanol–water partition coefficient (Wildman–Crippen LogP) is -1.64. The van der Waals surface area contributed by atoms with Crippen molar-refractivity contribution in [3.63, 3.8) is 0 Å². The number of ether oxygens (including phenoxy) is 3. The second-order valence-corrected chi connectivity index (χ2v) is 5.58. The molecule has 0 radical (unpaired) electrons. The lowest BCUT2D eigenvalue weighted by Crippen LogP contribution is -2.61. The van der Waals surface area contributed by atoms with Crippen molar-refractivity contribution < 1.29 is 34.3 Å². The Morgan fingerprint density at radius 1 is 1.33 bits per heavy atom. The lowest BCUT2D eigenvalue weighted by atomic mass is 9.98. The molecule has 0 amide bonds. The third kappa shape index (κ3) is 4.60. The highest BCUT2D eigenvalue weighted by atomic mass is 16.7. The minimum Gasteiger partial charge on any atom is -0.455 e. The van der Waals surface area contributed by atoms with Gasteiger partial charge in [0, 0.05) is 7.11 Å². The van der Waals surface area contributed by atoms with Gasteiger partial charge in [-0.1, -0.05) is 13.8 Å². The van der Waals surface area contributed by atoms with E-state index in [0.29, 0.717) is 6.42 Å². The predicted molar refractivity (Wildman–Crippen MR) is 72.1 cm³/mol. The van der Waals surface area contributed by atoms with Crippen LogP contribution in [-0.2, 0) is 19.0 Å². The molecule has 0 aromatic rings. The molecule has 1 rings (SSSR count). The van der Waals surface area contributed by atoms with E-state index in [1.807, 2.05) is 13.8 Å². The van der Waals surface area contributed by atoms with E-state index in [2.05, 4.69) is 0 Å². The maximum absolute atomic E-state index is 11.9. The summed E-state index contributed by atoms with van der Waals surface area (Å²) in [6, 6.07) is -0.846. The second-order valence-electron chi connectivity index (χ2n) is 5.58. The number of esters is 1. The van der Waals surface area contributed by atoms with Crippen molar-refractivity contribution in [2.24, 2.45) is 11.7 Å². The molecule has 0 spiro atoms.